The summed E-state index contributed by atoms with van der Waals surface area (Å²) in [5.41, 5.74) is -0.186. The molecule has 1 aliphatic heterocycles. The zero-order valence-electron chi connectivity index (χ0n) is 10.3. The average Bonchev–Trinajstić information content (AvgIpc) is 2.98. The molecule has 1 aromatic heterocycles. The lowest BCUT2D eigenvalue weighted by Gasteiger charge is -2.35. The van der Waals surface area contributed by atoms with Crippen LogP contribution >= 0.6 is 15.9 Å². The van der Waals surface area contributed by atoms with Crippen LogP contribution in [0.1, 0.15) is 43.8 Å². The number of halogens is 3. The molecule has 1 spiro atoms. The fraction of sp³-hybridized carbons (Fsp3) is 0.750. The lowest BCUT2D eigenvalue weighted by molar-refractivity contribution is -0.181. The number of ether oxygens (including phenoxy) is 2. The highest BCUT2D eigenvalue weighted by Gasteiger charge is 2.41. The van der Waals surface area contributed by atoms with Crippen LogP contribution in [0.4, 0.5) is 8.78 Å². The van der Waals surface area contributed by atoms with Crippen LogP contribution in [0, 0.1) is 0 Å². The summed E-state index contributed by atoms with van der Waals surface area (Å²) in [6.45, 7) is 1.29. The molecule has 0 aromatic carbocycles. The van der Waals surface area contributed by atoms with Gasteiger partial charge in [0.25, 0.3) is 6.43 Å². The van der Waals surface area contributed by atoms with Gasteiger partial charge in [-0.25, -0.2) is 8.78 Å². The van der Waals surface area contributed by atoms with Gasteiger partial charge in [-0.2, -0.15) is 5.10 Å². The average molecular weight is 337 g/mol. The summed E-state index contributed by atoms with van der Waals surface area (Å²) in [5.74, 6) is -0.424. The van der Waals surface area contributed by atoms with Crippen molar-refractivity contribution in [2.24, 2.45) is 0 Å². The minimum atomic E-state index is -2.55. The predicted octanol–water partition coefficient (Wildman–Crippen LogP) is 3.44. The Balaban J connectivity index is 1.69. The van der Waals surface area contributed by atoms with Gasteiger partial charge in [0.1, 0.15) is 5.69 Å². The van der Waals surface area contributed by atoms with E-state index in [1.807, 2.05) is 0 Å². The monoisotopic (exact) mass is 336 g/mol. The first-order valence-electron chi connectivity index (χ1n) is 6.40. The molecule has 3 rings (SSSR count). The molecule has 19 heavy (non-hydrogen) atoms. The molecule has 1 saturated carbocycles. The number of alkyl halides is 2. The smallest absolute Gasteiger partial charge is 0.283 e. The van der Waals surface area contributed by atoms with Gasteiger partial charge in [0, 0.05) is 19.0 Å². The van der Waals surface area contributed by atoms with Crippen molar-refractivity contribution in [2.75, 3.05) is 13.2 Å². The van der Waals surface area contributed by atoms with Gasteiger partial charge in [-0.1, -0.05) is 0 Å². The molecular formula is C12H15BrF2N2O2. The summed E-state index contributed by atoms with van der Waals surface area (Å²) < 4.78 is 38.7. The molecule has 106 valence electrons. The Bertz CT molecular complexity index is 451. The summed E-state index contributed by atoms with van der Waals surface area (Å²) in [6, 6.07) is 0.141. The van der Waals surface area contributed by atoms with Crippen molar-refractivity contribution >= 4 is 15.9 Å². The van der Waals surface area contributed by atoms with E-state index in [0.29, 0.717) is 17.7 Å². The molecule has 2 aliphatic rings. The molecule has 1 saturated heterocycles. The molecule has 4 nitrogen and oxygen atoms in total. The molecule has 0 radical (unpaired) electrons. The third-order valence-electron chi connectivity index (χ3n) is 3.82. The van der Waals surface area contributed by atoms with Gasteiger partial charge in [-0.15, -0.1) is 0 Å². The highest BCUT2D eigenvalue weighted by molar-refractivity contribution is 9.10. The van der Waals surface area contributed by atoms with Crippen LogP contribution in [0.25, 0.3) is 0 Å². The van der Waals surface area contributed by atoms with Crippen molar-refractivity contribution in [3.63, 3.8) is 0 Å². The maximum atomic E-state index is 12.7. The lowest BCUT2D eigenvalue weighted by Crippen LogP contribution is -2.35. The van der Waals surface area contributed by atoms with Crippen molar-refractivity contribution in [2.45, 2.75) is 43.9 Å². The molecule has 2 fully saturated rings. The first-order valence-corrected chi connectivity index (χ1v) is 7.19. The van der Waals surface area contributed by atoms with Crippen LogP contribution in [0.5, 0.6) is 0 Å². The number of rotatable bonds is 2. The summed E-state index contributed by atoms with van der Waals surface area (Å²) >= 11 is 3.13. The standard InChI is InChI=1S/C12H15BrF2N2O2/c13-9-7-17(16-10(9)11(14)15)8-1-3-12(4-2-8)18-5-6-19-12/h7-8,11H,1-6H2. The molecular weight excluding hydrogens is 322 g/mol. The summed E-state index contributed by atoms with van der Waals surface area (Å²) in [7, 11) is 0. The molecule has 0 N–H and O–H groups in total. The number of hydrogen-bond acceptors (Lipinski definition) is 3. The molecule has 2 heterocycles. The Hall–Kier alpha value is -0.530. The van der Waals surface area contributed by atoms with Gasteiger partial charge in [-0.05, 0) is 28.8 Å². The maximum absolute atomic E-state index is 12.7. The van der Waals surface area contributed by atoms with Gasteiger partial charge >= 0.3 is 0 Å². The second-order valence-electron chi connectivity index (χ2n) is 4.98. The van der Waals surface area contributed by atoms with Crippen LogP contribution in [0.3, 0.4) is 0 Å². The van der Waals surface area contributed by atoms with E-state index in [0.717, 1.165) is 25.7 Å². The molecule has 1 aliphatic carbocycles. The Kier molecular flexibility index (Phi) is 3.61. The highest BCUT2D eigenvalue weighted by Crippen LogP contribution is 2.40. The predicted molar refractivity (Wildman–Crippen MR) is 67.0 cm³/mol. The zero-order chi connectivity index (χ0) is 13.5. The third-order valence-corrected chi connectivity index (χ3v) is 4.44. The molecule has 0 atom stereocenters. The fourth-order valence-electron chi connectivity index (χ4n) is 2.81. The van der Waals surface area contributed by atoms with E-state index in [4.69, 9.17) is 9.47 Å². The van der Waals surface area contributed by atoms with Crippen molar-refractivity contribution in [1.82, 2.24) is 9.78 Å². The van der Waals surface area contributed by atoms with E-state index in [1.165, 1.54) is 0 Å². The summed E-state index contributed by atoms with van der Waals surface area (Å²) in [5, 5.41) is 3.99. The van der Waals surface area contributed by atoms with E-state index in [-0.39, 0.29) is 11.7 Å². The number of nitrogens with zero attached hydrogens (tertiary/aromatic N) is 2. The molecule has 1 aromatic rings. The van der Waals surface area contributed by atoms with Gasteiger partial charge < -0.3 is 9.47 Å². The van der Waals surface area contributed by atoms with Crippen LogP contribution in [0.2, 0.25) is 0 Å². The summed E-state index contributed by atoms with van der Waals surface area (Å²) in [6.07, 6.45) is 2.33. The maximum Gasteiger partial charge on any atom is 0.283 e. The summed E-state index contributed by atoms with van der Waals surface area (Å²) in [4.78, 5) is 0. The van der Waals surface area contributed by atoms with Gasteiger partial charge in [0.15, 0.2) is 5.79 Å². The van der Waals surface area contributed by atoms with E-state index in [1.54, 1.807) is 10.9 Å². The minimum Gasteiger partial charge on any atom is -0.348 e. The zero-order valence-corrected chi connectivity index (χ0v) is 11.9. The van der Waals surface area contributed by atoms with E-state index < -0.39 is 12.2 Å². The Morgan fingerprint density at radius 1 is 1.32 bits per heavy atom. The van der Waals surface area contributed by atoms with Gasteiger partial charge in [0.05, 0.1) is 23.7 Å². The van der Waals surface area contributed by atoms with Gasteiger partial charge in [-0.3, -0.25) is 4.68 Å². The van der Waals surface area contributed by atoms with E-state index in [2.05, 4.69) is 21.0 Å². The topological polar surface area (TPSA) is 36.3 Å². The van der Waals surface area contributed by atoms with Gasteiger partial charge in [0.2, 0.25) is 0 Å². The van der Waals surface area contributed by atoms with Crippen molar-refractivity contribution in [3.05, 3.63) is 16.4 Å². The first-order chi connectivity index (χ1) is 9.10. The first kappa shape index (κ1) is 13.5. The fourth-order valence-corrected chi connectivity index (χ4v) is 3.27. The second kappa shape index (κ2) is 5.10. The van der Waals surface area contributed by atoms with E-state index in [9.17, 15) is 8.78 Å². The molecule has 0 bridgehead atoms. The molecule has 0 unspecified atom stereocenters. The number of hydrogen-bond donors (Lipinski definition) is 0. The Morgan fingerprint density at radius 3 is 2.47 bits per heavy atom. The Labute approximate surface area is 118 Å². The van der Waals surface area contributed by atoms with Crippen molar-refractivity contribution in [1.29, 1.82) is 0 Å². The highest BCUT2D eigenvalue weighted by atomic mass is 79.9. The van der Waals surface area contributed by atoms with Crippen molar-refractivity contribution in [3.8, 4) is 0 Å². The second-order valence-corrected chi connectivity index (χ2v) is 5.84. The van der Waals surface area contributed by atoms with Crippen LogP contribution < -0.4 is 0 Å². The normalized spacial score (nSPS) is 23.6. The SMILES string of the molecule is FC(F)c1nn(C2CCC3(CC2)OCCO3)cc1Br. The van der Waals surface area contributed by atoms with Crippen molar-refractivity contribution < 1.29 is 18.3 Å². The van der Waals surface area contributed by atoms with Crippen LogP contribution in [-0.2, 0) is 9.47 Å². The minimum absolute atomic E-state index is 0.141. The van der Waals surface area contributed by atoms with E-state index >= 15 is 0 Å². The molecule has 7 heteroatoms. The third kappa shape index (κ3) is 2.55. The lowest BCUT2D eigenvalue weighted by atomic mass is 9.90. The molecule has 0 amide bonds. The quantitative estimate of drug-likeness (QED) is 0.829. The largest absolute Gasteiger partial charge is 0.348 e. The number of aromatic nitrogens is 2. The van der Waals surface area contributed by atoms with Crippen LogP contribution in [-0.4, -0.2) is 28.8 Å². The Morgan fingerprint density at radius 2 is 1.95 bits per heavy atom. The van der Waals surface area contributed by atoms with Crippen LogP contribution in [0.15, 0.2) is 10.7 Å².